The van der Waals surface area contributed by atoms with Gasteiger partial charge in [0.25, 0.3) is 0 Å². The molecule has 102 valence electrons. The van der Waals surface area contributed by atoms with Crippen LogP contribution < -0.4 is 0 Å². The number of hydrogen-bond acceptors (Lipinski definition) is 3. The summed E-state index contributed by atoms with van der Waals surface area (Å²) in [7, 11) is 0. The lowest BCUT2D eigenvalue weighted by Crippen LogP contribution is -2.24. The Balaban J connectivity index is 1.91. The van der Waals surface area contributed by atoms with Gasteiger partial charge < -0.3 is 4.74 Å². The molecule has 0 N–H and O–H groups in total. The fraction of sp³-hybridized carbons (Fsp3) is 0.385. The highest BCUT2D eigenvalue weighted by molar-refractivity contribution is 6.53. The molecule has 1 aromatic rings. The molecule has 0 saturated heterocycles. The molecule has 19 heavy (non-hydrogen) atoms. The maximum atomic E-state index is 11.8. The van der Waals surface area contributed by atoms with Crippen molar-refractivity contribution in [3.8, 4) is 0 Å². The molecular weight excluding hydrogens is 310 g/mol. The highest BCUT2D eigenvalue weighted by atomic mass is 35.5. The number of alkyl halides is 2. The number of Topliss-reactive ketones (excluding diaryl/α,β-unsaturated/α-hetero) is 1. The van der Waals surface area contributed by atoms with Gasteiger partial charge in [-0.25, -0.2) is 0 Å². The second-order valence-electron chi connectivity index (χ2n) is 4.72. The van der Waals surface area contributed by atoms with Crippen LogP contribution in [0.1, 0.15) is 23.7 Å². The molecule has 0 bridgehead atoms. The first-order valence-electron chi connectivity index (χ1n) is 5.60. The molecule has 6 heteroatoms. The van der Waals surface area contributed by atoms with Crippen molar-refractivity contribution >= 4 is 46.6 Å². The molecule has 0 aliphatic heterocycles. The van der Waals surface area contributed by atoms with Crippen LogP contribution in [0.5, 0.6) is 0 Å². The normalized spacial score (nSPS) is 23.8. The van der Waals surface area contributed by atoms with Gasteiger partial charge in [0.1, 0.15) is 9.75 Å². The van der Waals surface area contributed by atoms with Gasteiger partial charge in [0, 0.05) is 17.0 Å². The van der Waals surface area contributed by atoms with Crippen molar-refractivity contribution in [2.24, 2.45) is 5.41 Å². The second-order valence-corrected chi connectivity index (χ2v) is 6.64. The minimum atomic E-state index is -1.09. The van der Waals surface area contributed by atoms with E-state index in [2.05, 4.69) is 0 Å². The SMILES string of the molecule is CC1(C(=O)OCC(=O)c2ccc(Cl)cc2)CC1(Cl)Cl. The van der Waals surface area contributed by atoms with Gasteiger partial charge in [0.15, 0.2) is 12.4 Å². The number of ether oxygens (including phenoxy) is 1. The van der Waals surface area contributed by atoms with Crippen LogP contribution in [0.3, 0.4) is 0 Å². The van der Waals surface area contributed by atoms with E-state index < -0.39 is 15.7 Å². The Morgan fingerprint density at radius 3 is 2.26 bits per heavy atom. The van der Waals surface area contributed by atoms with Crippen molar-refractivity contribution in [3.63, 3.8) is 0 Å². The van der Waals surface area contributed by atoms with Gasteiger partial charge in [-0.2, -0.15) is 0 Å². The number of rotatable bonds is 4. The molecule has 1 unspecified atom stereocenters. The van der Waals surface area contributed by atoms with Crippen LogP contribution in [0.15, 0.2) is 24.3 Å². The van der Waals surface area contributed by atoms with E-state index in [1.165, 1.54) is 0 Å². The maximum absolute atomic E-state index is 11.8. The topological polar surface area (TPSA) is 43.4 Å². The standard InChI is InChI=1S/C13H11Cl3O3/c1-12(7-13(12,15)16)11(18)19-6-10(17)8-2-4-9(14)5-3-8/h2-5H,6-7H2,1H3. The first-order chi connectivity index (χ1) is 8.76. The Labute approximate surface area is 125 Å². The molecule has 1 aliphatic rings. The van der Waals surface area contributed by atoms with E-state index in [9.17, 15) is 9.59 Å². The summed E-state index contributed by atoms with van der Waals surface area (Å²) in [6.07, 6.45) is 0.330. The van der Waals surface area contributed by atoms with E-state index in [0.29, 0.717) is 17.0 Å². The summed E-state index contributed by atoms with van der Waals surface area (Å²) in [5.41, 5.74) is -0.489. The number of benzene rings is 1. The summed E-state index contributed by atoms with van der Waals surface area (Å²) in [4.78, 5) is 23.6. The van der Waals surface area contributed by atoms with E-state index >= 15 is 0 Å². The summed E-state index contributed by atoms with van der Waals surface area (Å²) in [5, 5.41) is 0.535. The molecule has 0 heterocycles. The Morgan fingerprint density at radius 1 is 1.26 bits per heavy atom. The third-order valence-corrected chi connectivity index (χ3v) is 4.56. The lowest BCUT2D eigenvalue weighted by atomic mass is 10.1. The lowest BCUT2D eigenvalue weighted by Gasteiger charge is -2.11. The molecule has 0 radical (unpaired) electrons. The fourth-order valence-corrected chi connectivity index (χ4v) is 2.45. The molecule has 2 rings (SSSR count). The second kappa shape index (κ2) is 4.97. The molecule has 1 aromatic carbocycles. The van der Waals surface area contributed by atoms with E-state index in [1.54, 1.807) is 31.2 Å². The number of ketones is 1. The zero-order valence-corrected chi connectivity index (χ0v) is 12.4. The summed E-state index contributed by atoms with van der Waals surface area (Å²) < 4.78 is 3.87. The van der Waals surface area contributed by atoms with Gasteiger partial charge in [-0.1, -0.05) is 11.6 Å². The minimum Gasteiger partial charge on any atom is -0.457 e. The molecule has 1 aliphatic carbocycles. The largest absolute Gasteiger partial charge is 0.457 e. The fourth-order valence-electron chi connectivity index (χ4n) is 1.63. The van der Waals surface area contributed by atoms with Gasteiger partial charge >= 0.3 is 5.97 Å². The average molecular weight is 322 g/mol. The molecule has 0 spiro atoms. The van der Waals surface area contributed by atoms with E-state index in [-0.39, 0.29) is 12.4 Å². The summed E-state index contributed by atoms with van der Waals surface area (Å²) in [6, 6.07) is 6.35. The molecule has 3 nitrogen and oxygen atoms in total. The summed E-state index contributed by atoms with van der Waals surface area (Å²) >= 11 is 17.4. The molecule has 0 amide bonds. The summed E-state index contributed by atoms with van der Waals surface area (Å²) in [5.74, 6) is -0.858. The van der Waals surface area contributed by atoms with Crippen molar-refractivity contribution in [2.45, 2.75) is 17.7 Å². The Bertz CT molecular complexity index is 524. The molecule has 1 fully saturated rings. The number of esters is 1. The van der Waals surface area contributed by atoms with E-state index in [4.69, 9.17) is 39.5 Å². The van der Waals surface area contributed by atoms with Crippen molar-refractivity contribution in [1.82, 2.24) is 0 Å². The van der Waals surface area contributed by atoms with Crippen LogP contribution in [-0.2, 0) is 9.53 Å². The predicted molar refractivity (Wildman–Crippen MR) is 73.9 cm³/mol. The number of carbonyl (C=O) groups is 2. The third kappa shape index (κ3) is 2.88. The zero-order valence-electron chi connectivity index (χ0n) is 10.1. The van der Waals surface area contributed by atoms with Crippen LogP contribution in [0.25, 0.3) is 0 Å². The van der Waals surface area contributed by atoms with Gasteiger partial charge in [0.2, 0.25) is 0 Å². The Kier molecular flexibility index (Phi) is 3.83. The highest BCUT2D eigenvalue weighted by Crippen LogP contribution is 2.64. The van der Waals surface area contributed by atoms with Gasteiger partial charge in [-0.15, -0.1) is 23.2 Å². The van der Waals surface area contributed by atoms with Crippen molar-refractivity contribution in [2.75, 3.05) is 6.61 Å². The van der Waals surface area contributed by atoms with Crippen LogP contribution in [0, 0.1) is 5.41 Å². The third-order valence-electron chi connectivity index (χ3n) is 3.21. The first kappa shape index (κ1) is 14.6. The van der Waals surface area contributed by atoms with Crippen LogP contribution in [0.4, 0.5) is 0 Å². The van der Waals surface area contributed by atoms with Gasteiger partial charge in [0.05, 0.1) is 0 Å². The maximum Gasteiger partial charge on any atom is 0.315 e. The van der Waals surface area contributed by atoms with E-state index in [1.807, 2.05) is 0 Å². The molecule has 0 aromatic heterocycles. The lowest BCUT2D eigenvalue weighted by molar-refractivity contribution is -0.148. The number of carbonyl (C=O) groups excluding carboxylic acids is 2. The van der Waals surface area contributed by atoms with Crippen molar-refractivity contribution < 1.29 is 14.3 Å². The first-order valence-corrected chi connectivity index (χ1v) is 6.73. The number of hydrogen-bond donors (Lipinski definition) is 0. The Morgan fingerprint density at radius 2 is 1.79 bits per heavy atom. The highest BCUT2D eigenvalue weighted by Gasteiger charge is 2.69. The summed E-state index contributed by atoms with van der Waals surface area (Å²) in [6.45, 7) is 1.28. The molecular formula is C13H11Cl3O3. The zero-order chi connectivity index (χ0) is 14.3. The molecule has 1 saturated carbocycles. The van der Waals surface area contributed by atoms with Crippen molar-refractivity contribution in [3.05, 3.63) is 34.9 Å². The predicted octanol–water partition coefficient (Wildman–Crippen LogP) is 3.65. The smallest absolute Gasteiger partial charge is 0.315 e. The monoisotopic (exact) mass is 320 g/mol. The van der Waals surface area contributed by atoms with Crippen LogP contribution in [-0.4, -0.2) is 22.7 Å². The van der Waals surface area contributed by atoms with E-state index in [0.717, 1.165) is 0 Å². The quantitative estimate of drug-likeness (QED) is 0.483. The average Bonchev–Trinajstić information content (AvgIpc) is 2.87. The van der Waals surface area contributed by atoms with Crippen LogP contribution in [0.2, 0.25) is 5.02 Å². The van der Waals surface area contributed by atoms with Gasteiger partial charge in [-0.05, 0) is 31.2 Å². The Hall–Kier alpha value is -0.770. The van der Waals surface area contributed by atoms with Gasteiger partial charge in [-0.3, -0.25) is 9.59 Å². The molecule has 1 atom stereocenters. The van der Waals surface area contributed by atoms with Crippen molar-refractivity contribution in [1.29, 1.82) is 0 Å². The number of halogens is 3. The minimum absolute atomic E-state index is 0.302. The van der Waals surface area contributed by atoms with Crippen LogP contribution >= 0.6 is 34.8 Å².